The first-order valence-electron chi connectivity index (χ1n) is 5.69. The predicted octanol–water partition coefficient (Wildman–Crippen LogP) is 2.59. The summed E-state index contributed by atoms with van der Waals surface area (Å²) in [7, 11) is 0.870. The molecule has 0 bridgehead atoms. The third-order valence-electron chi connectivity index (χ3n) is 2.39. The third kappa shape index (κ3) is 8.72. The van der Waals surface area contributed by atoms with Crippen LogP contribution < -0.4 is 5.32 Å². The molecule has 0 aliphatic rings. The van der Waals surface area contributed by atoms with Crippen molar-refractivity contribution in [1.82, 2.24) is 5.32 Å². The lowest BCUT2D eigenvalue weighted by molar-refractivity contribution is 0.198. The quantitative estimate of drug-likeness (QED) is 0.498. The van der Waals surface area contributed by atoms with Crippen molar-refractivity contribution in [2.45, 2.75) is 39.0 Å². The molecule has 0 amide bonds. The van der Waals surface area contributed by atoms with Crippen molar-refractivity contribution < 1.29 is 4.74 Å². The van der Waals surface area contributed by atoms with Gasteiger partial charge in [0.1, 0.15) is 0 Å². The van der Waals surface area contributed by atoms with E-state index < -0.39 is 8.07 Å². The normalized spacial score (nSPS) is 14.4. The summed E-state index contributed by atoms with van der Waals surface area (Å²) >= 11 is 0. The summed E-state index contributed by atoms with van der Waals surface area (Å²) in [6.45, 7) is 12.6. The number of ether oxygens (including phenoxy) is 1. The highest BCUT2D eigenvalue weighted by Crippen LogP contribution is 2.18. The maximum Gasteiger partial charge on any atom is 0.0587 e. The van der Waals surface area contributed by atoms with Gasteiger partial charge in [-0.3, -0.25) is 0 Å². The first-order valence-corrected chi connectivity index (χ1v) is 9.40. The summed E-state index contributed by atoms with van der Waals surface area (Å²) in [6.07, 6.45) is 1.30. The van der Waals surface area contributed by atoms with Crippen molar-refractivity contribution in [3.8, 4) is 0 Å². The number of rotatable bonds is 8. The Balaban J connectivity index is 3.58. The molecule has 2 nitrogen and oxygen atoms in total. The second-order valence-corrected chi connectivity index (χ2v) is 10.8. The van der Waals surface area contributed by atoms with Gasteiger partial charge in [0.25, 0.3) is 0 Å². The van der Waals surface area contributed by atoms with E-state index in [1.54, 1.807) is 7.11 Å². The van der Waals surface area contributed by atoms with Gasteiger partial charge in [-0.2, -0.15) is 0 Å². The largest absolute Gasteiger partial charge is 0.383 e. The van der Waals surface area contributed by atoms with Gasteiger partial charge in [0.05, 0.1) is 6.61 Å². The summed E-state index contributed by atoms with van der Waals surface area (Å²) in [4.78, 5) is 0. The van der Waals surface area contributed by atoms with Gasteiger partial charge in [-0.25, -0.2) is 0 Å². The molecule has 0 aromatic rings. The molecule has 14 heavy (non-hydrogen) atoms. The second kappa shape index (κ2) is 7.43. The zero-order valence-corrected chi connectivity index (χ0v) is 11.5. The van der Waals surface area contributed by atoms with Crippen molar-refractivity contribution in [1.29, 1.82) is 0 Å². The van der Waals surface area contributed by atoms with Crippen LogP contribution in [-0.4, -0.2) is 34.9 Å². The van der Waals surface area contributed by atoms with E-state index in [2.05, 4.69) is 31.9 Å². The fraction of sp³-hybridized carbons (Fsp3) is 1.00. The second-order valence-electron chi connectivity index (χ2n) is 5.24. The van der Waals surface area contributed by atoms with Crippen LogP contribution in [0.3, 0.4) is 0 Å². The van der Waals surface area contributed by atoms with Gasteiger partial charge >= 0.3 is 0 Å². The van der Waals surface area contributed by atoms with Crippen LogP contribution in [0.25, 0.3) is 0 Å². The smallest absolute Gasteiger partial charge is 0.0587 e. The highest BCUT2D eigenvalue weighted by molar-refractivity contribution is 6.76. The van der Waals surface area contributed by atoms with Crippen LogP contribution in [0.1, 0.15) is 13.3 Å². The van der Waals surface area contributed by atoms with Crippen LogP contribution in [0, 0.1) is 5.92 Å². The van der Waals surface area contributed by atoms with Crippen LogP contribution in [0.4, 0.5) is 0 Å². The Labute approximate surface area is 90.4 Å². The van der Waals surface area contributed by atoms with E-state index >= 15 is 0 Å². The van der Waals surface area contributed by atoms with Crippen LogP contribution in [0.5, 0.6) is 0 Å². The van der Waals surface area contributed by atoms with Gasteiger partial charge in [0.15, 0.2) is 0 Å². The molecule has 0 spiro atoms. The van der Waals surface area contributed by atoms with Gasteiger partial charge in [-0.05, 0) is 12.5 Å². The molecule has 0 heterocycles. The fourth-order valence-corrected chi connectivity index (χ4v) is 3.87. The number of hydrogen-bond acceptors (Lipinski definition) is 2. The lowest BCUT2D eigenvalue weighted by Gasteiger charge is -2.23. The minimum Gasteiger partial charge on any atom is -0.383 e. The molecule has 0 aromatic heterocycles. The summed E-state index contributed by atoms with van der Waals surface area (Å²) in [5.41, 5.74) is 0. The van der Waals surface area contributed by atoms with Gasteiger partial charge in [-0.1, -0.05) is 39.0 Å². The summed E-state index contributed by atoms with van der Waals surface area (Å²) in [5.74, 6) is 0.860. The Hall–Kier alpha value is 0.137. The van der Waals surface area contributed by atoms with Crippen LogP contribution in [-0.2, 0) is 4.74 Å². The number of hydrogen-bond donors (Lipinski definition) is 1. The highest BCUT2D eigenvalue weighted by Gasteiger charge is 2.18. The molecular formula is C11H27NOSi. The average molecular weight is 217 g/mol. The molecule has 0 fully saturated rings. The molecule has 86 valence electrons. The molecule has 0 saturated heterocycles. The van der Waals surface area contributed by atoms with Crippen molar-refractivity contribution in [3.05, 3.63) is 0 Å². The van der Waals surface area contributed by atoms with Crippen LogP contribution in [0.15, 0.2) is 0 Å². The summed E-state index contributed by atoms with van der Waals surface area (Å²) in [6, 6.07) is 1.43. The van der Waals surface area contributed by atoms with Gasteiger partial charge in [0, 0.05) is 21.7 Å². The standard InChI is InChI=1S/C11H27NOSi/c1-6-11(10-14(3,4)5)9-12-7-8-13-2/h11-12H,6-10H2,1-5H3. The average Bonchev–Trinajstić information content (AvgIpc) is 2.08. The first-order chi connectivity index (χ1) is 6.49. The molecule has 0 aromatic carbocycles. The summed E-state index contributed by atoms with van der Waals surface area (Å²) in [5, 5.41) is 3.46. The minimum absolute atomic E-state index is 0.823. The lowest BCUT2D eigenvalue weighted by Crippen LogP contribution is -2.31. The van der Waals surface area contributed by atoms with E-state index in [4.69, 9.17) is 4.74 Å². The van der Waals surface area contributed by atoms with Gasteiger partial charge < -0.3 is 10.1 Å². The van der Waals surface area contributed by atoms with Gasteiger partial charge in [0.2, 0.25) is 0 Å². The molecule has 1 atom stereocenters. The predicted molar refractivity (Wildman–Crippen MR) is 66.7 cm³/mol. The first kappa shape index (κ1) is 14.1. The van der Waals surface area contributed by atoms with Crippen molar-refractivity contribution >= 4 is 8.07 Å². The minimum atomic E-state index is -0.881. The van der Waals surface area contributed by atoms with Crippen molar-refractivity contribution in [2.75, 3.05) is 26.8 Å². The van der Waals surface area contributed by atoms with E-state index in [0.717, 1.165) is 25.6 Å². The monoisotopic (exact) mass is 217 g/mol. The van der Waals surface area contributed by atoms with Crippen LogP contribution in [0.2, 0.25) is 25.7 Å². The molecule has 0 aliphatic carbocycles. The molecular weight excluding hydrogens is 190 g/mol. The Morgan fingerprint density at radius 2 is 1.93 bits per heavy atom. The SMILES string of the molecule is CCC(CNCCOC)C[Si](C)(C)C. The molecule has 0 saturated carbocycles. The molecule has 0 aliphatic heterocycles. The Morgan fingerprint density at radius 3 is 2.36 bits per heavy atom. The highest BCUT2D eigenvalue weighted by atomic mass is 28.3. The Bertz CT molecular complexity index is 134. The zero-order chi connectivity index (χ0) is 11.0. The van der Waals surface area contributed by atoms with Crippen molar-refractivity contribution in [2.24, 2.45) is 5.92 Å². The number of nitrogens with one attached hydrogen (secondary N) is 1. The topological polar surface area (TPSA) is 21.3 Å². The Kier molecular flexibility index (Phi) is 7.50. The molecule has 0 radical (unpaired) electrons. The van der Waals surface area contributed by atoms with Crippen molar-refractivity contribution in [3.63, 3.8) is 0 Å². The maximum atomic E-state index is 5.00. The fourth-order valence-electron chi connectivity index (χ4n) is 1.71. The maximum absolute atomic E-state index is 5.00. The molecule has 1 unspecified atom stereocenters. The van der Waals surface area contributed by atoms with E-state index in [-0.39, 0.29) is 0 Å². The van der Waals surface area contributed by atoms with E-state index in [0.29, 0.717) is 0 Å². The van der Waals surface area contributed by atoms with Crippen LogP contribution >= 0.6 is 0 Å². The lowest BCUT2D eigenvalue weighted by atomic mass is 10.1. The molecule has 0 rings (SSSR count). The number of methoxy groups -OCH3 is 1. The zero-order valence-electron chi connectivity index (χ0n) is 10.5. The van der Waals surface area contributed by atoms with E-state index in [1.807, 2.05) is 0 Å². The van der Waals surface area contributed by atoms with E-state index in [9.17, 15) is 0 Å². The van der Waals surface area contributed by atoms with Gasteiger partial charge in [-0.15, -0.1) is 0 Å². The van der Waals surface area contributed by atoms with E-state index in [1.165, 1.54) is 12.5 Å². The summed E-state index contributed by atoms with van der Waals surface area (Å²) < 4.78 is 5.00. The molecule has 1 N–H and O–H groups in total. The Morgan fingerprint density at radius 1 is 1.29 bits per heavy atom. The molecule has 3 heteroatoms. The third-order valence-corrected chi connectivity index (χ3v) is 4.20.